The lowest BCUT2D eigenvalue weighted by molar-refractivity contribution is 0.0312. The van der Waals surface area contributed by atoms with Gasteiger partial charge in [0, 0.05) is 30.4 Å². The van der Waals surface area contributed by atoms with Crippen molar-refractivity contribution in [2.24, 2.45) is 0 Å². The summed E-state index contributed by atoms with van der Waals surface area (Å²) in [6.45, 7) is 11.4. The summed E-state index contributed by atoms with van der Waals surface area (Å²) in [5.41, 5.74) is 0.210. The molecule has 1 atom stereocenters. The van der Waals surface area contributed by atoms with E-state index in [0.717, 1.165) is 45.3 Å². The average molecular weight is 305 g/mol. The molecule has 1 fully saturated rings. The van der Waals surface area contributed by atoms with Crippen LogP contribution in [0, 0.1) is 0 Å². The van der Waals surface area contributed by atoms with Crippen LogP contribution in [0.3, 0.4) is 0 Å². The third-order valence-corrected chi connectivity index (χ3v) is 6.75. The number of rotatable bonds is 8. The van der Waals surface area contributed by atoms with Crippen molar-refractivity contribution in [2.75, 3.05) is 31.1 Å². The van der Waals surface area contributed by atoms with Gasteiger partial charge in [0.1, 0.15) is 9.84 Å². The zero-order valence-electron chi connectivity index (χ0n) is 13.6. The molecule has 0 aliphatic carbocycles. The zero-order chi connectivity index (χ0) is 15.2. The molecule has 0 amide bonds. The molecule has 0 aromatic heterocycles. The Hall–Kier alpha value is -0.130. The third-order valence-electron chi connectivity index (χ3n) is 4.96. The van der Waals surface area contributed by atoms with E-state index in [4.69, 9.17) is 0 Å². The quantitative estimate of drug-likeness (QED) is 0.746. The van der Waals surface area contributed by atoms with Gasteiger partial charge in [-0.2, -0.15) is 0 Å². The second-order valence-corrected chi connectivity index (χ2v) is 8.43. The molecule has 0 bridgehead atoms. The van der Waals surface area contributed by atoms with Crippen LogP contribution in [-0.2, 0) is 9.84 Å². The highest BCUT2D eigenvalue weighted by Crippen LogP contribution is 2.27. The number of hydrogen-bond donors (Lipinski definition) is 1. The fraction of sp³-hybridized carbons (Fsp3) is 1.00. The molecule has 1 unspecified atom stereocenters. The van der Waals surface area contributed by atoms with Gasteiger partial charge in [0.25, 0.3) is 0 Å². The average Bonchev–Trinajstić information content (AvgIpc) is 2.47. The Bertz CT molecular complexity index is 377. The van der Waals surface area contributed by atoms with Crippen molar-refractivity contribution in [1.29, 1.82) is 0 Å². The Balaban J connectivity index is 2.65. The van der Waals surface area contributed by atoms with Crippen LogP contribution in [0.5, 0.6) is 0 Å². The van der Waals surface area contributed by atoms with Crippen LogP contribution in [0.25, 0.3) is 0 Å². The smallest absolute Gasteiger partial charge is 0.150 e. The normalized spacial score (nSPS) is 23.9. The molecule has 0 radical (unpaired) electrons. The summed E-state index contributed by atoms with van der Waals surface area (Å²) in [7, 11) is -2.83. The molecule has 0 saturated carbocycles. The third kappa shape index (κ3) is 4.43. The van der Waals surface area contributed by atoms with Crippen molar-refractivity contribution >= 4 is 9.84 Å². The Morgan fingerprint density at radius 3 is 2.35 bits per heavy atom. The van der Waals surface area contributed by atoms with Gasteiger partial charge in [-0.15, -0.1) is 0 Å². The number of piperazine rings is 1. The van der Waals surface area contributed by atoms with E-state index in [0.29, 0.717) is 11.8 Å². The van der Waals surface area contributed by atoms with Crippen molar-refractivity contribution in [3.8, 4) is 0 Å². The Morgan fingerprint density at radius 2 is 1.85 bits per heavy atom. The number of nitrogens with zero attached hydrogens (tertiary/aromatic N) is 1. The molecule has 1 aliphatic rings. The van der Waals surface area contributed by atoms with Crippen molar-refractivity contribution < 1.29 is 8.42 Å². The Kier molecular flexibility index (Phi) is 6.95. The lowest BCUT2D eigenvalue weighted by Gasteiger charge is -2.49. The Morgan fingerprint density at radius 1 is 1.20 bits per heavy atom. The molecule has 0 spiro atoms. The summed E-state index contributed by atoms with van der Waals surface area (Å²) >= 11 is 0. The maximum Gasteiger partial charge on any atom is 0.150 e. The summed E-state index contributed by atoms with van der Waals surface area (Å²) in [5, 5.41) is 3.65. The van der Waals surface area contributed by atoms with Gasteiger partial charge in [-0.3, -0.25) is 4.90 Å². The SMILES string of the molecule is CCC1CN(CCCS(=O)(=O)CC)C(CC)(CC)CN1. The first kappa shape index (κ1) is 17.9. The van der Waals surface area contributed by atoms with Gasteiger partial charge in [-0.05, 0) is 32.2 Å². The lowest BCUT2D eigenvalue weighted by atomic mass is 9.86. The van der Waals surface area contributed by atoms with E-state index in [1.54, 1.807) is 6.92 Å². The predicted molar refractivity (Wildman–Crippen MR) is 85.9 cm³/mol. The second kappa shape index (κ2) is 7.76. The minimum atomic E-state index is -2.83. The van der Waals surface area contributed by atoms with Crippen molar-refractivity contribution in [3.05, 3.63) is 0 Å². The monoisotopic (exact) mass is 304 g/mol. The van der Waals surface area contributed by atoms with E-state index in [1.165, 1.54) is 0 Å². The summed E-state index contributed by atoms with van der Waals surface area (Å²) in [4.78, 5) is 2.54. The fourth-order valence-electron chi connectivity index (χ4n) is 3.14. The Labute approximate surface area is 125 Å². The van der Waals surface area contributed by atoms with E-state index in [9.17, 15) is 8.42 Å². The first-order chi connectivity index (χ1) is 9.43. The second-order valence-electron chi connectivity index (χ2n) is 5.95. The van der Waals surface area contributed by atoms with E-state index < -0.39 is 9.84 Å². The number of hydrogen-bond acceptors (Lipinski definition) is 4. The first-order valence-corrected chi connectivity index (χ1v) is 9.94. The highest BCUT2D eigenvalue weighted by Gasteiger charge is 2.37. The molecule has 120 valence electrons. The molecule has 0 aromatic rings. The minimum Gasteiger partial charge on any atom is -0.311 e. The van der Waals surface area contributed by atoms with Gasteiger partial charge in [-0.25, -0.2) is 8.42 Å². The van der Waals surface area contributed by atoms with Crippen LogP contribution in [0.4, 0.5) is 0 Å². The summed E-state index contributed by atoms with van der Waals surface area (Å²) in [5.74, 6) is 0.590. The van der Waals surface area contributed by atoms with Gasteiger partial charge >= 0.3 is 0 Å². The van der Waals surface area contributed by atoms with Gasteiger partial charge in [0.15, 0.2) is 0 Å². The molecule has 1 rings (SSSR count). The molecule has 5 heteroatoms. The molecule has 1 saturated heterocycles. The van der Waals surface area contributed by atoms with Gasteiger partial charge < -0.3 is 5.32 Å². The molecular formula is C15H32N2O2S. The highest BCUT2D eigenvalue weighted by atomic mass is 32.2. The molecule has 1 aliphatic heterocycles. The molecule has 1 N–H and O–H groups in total. The van der Waals surface area contributed by atoms with Crippen molar-refractivity contribution in [1.82, 2.24) is 10.2 Å². The van der Waals surface area contributed by atoms with Crippen LogP contribution in [-0.4, -0.2) is 56.0 Å². The van der Waals surface area contributed by atoms with Crippen molar-refractivity contribution in [2.45, 2.75) is 65.0 Å². The highest BCUT2D eigenvalue weighted by molar-refractivity contribution is 7.91. The number of sulfone groups is 1. The molecule has 4 nitrogen and oxygen atoms in total. The topological polar surface area (TPSA) is 49.4 Å². The van der Waals surface area contributed by atoms with Gasteiger partial charge in [0.05, 0.1) is 5.75 Å². The number of nitrogens with one attached hydrogen (secondary N) is 1. The minimum absolute atomic E-state index is 0.210. The maximum absolute atomic E-state index is 11.6. The summed E-state index contributed by atoms with van der Waals surface area (Å²) in [6, 6.07) is 0.545. The zero-order valence-corrected chi connectivity index (χ0v) is 14.4. The largest absolute Gasteiger partial charge is 0.311 e. The predicted octanol–water partition coefficient (Wildman–Crippen LogP) is 2.05. The van der Waals surface area contributed by atoms with Crippen LogP contribution >= 0.6 is 0 Å². The van der Waals surface area contributed by atoms with Crippen LogP contribution < -0.4 is 5.32 Å². The summed E-state index contributed by atoms with van der Waals surface area (Å²) < 4.78 is 23.3. The van der Waals surface area contributed by atoms with Gasteiger partial charge in [0.2, 0.25) is 0 Å². The van der Waals surface area contributed by atoms with Crippen LogP contribution in [0.15, 0.2) is 0 Å². The lowest BCUT2D eigenvalue weighted by Crippen LogP contribution is -2.64. The fourth-order valence-corrected chi connectivity index (χ4v) is 4.00. The molecule has 20 heavy (non-hydrogen) atoms. The van der Waals surface area contributed by atoms with Gasteiger partial charge in [-0.1, -0.05) is 27.7 Å². The van der Waals surface area contributed by atoms with Crippen molar-refractivity contribution in [3.63, 3.8) is 0 Å². The maximum atomic E-state index is 11.6. The molecule has 1 heterocycles. The first-order valence-electron chi connectivity index (χ1n) is 8.11. The van der Waals surface area contributed by atoms with Crippen LogP contribution in [0.2, 0.25) is 0 Å². The van der Waals surface area contributed by atoms with E-state index in [-0.39, 0.29) is 11.3 Å². The van der Waals surface area contributed by atoms with E-state index >= 15 is 0 Å². The molecule has 0 aromatic carbocycles. The summed E-state index contributed by atoms with van der Waals surface area (Å²) in [6.07, 6.45) is 4.13. The van der Waals surface area contributed by atoms with E-state index in [1.807, 2.05) is 0 Å². The van der Waals surface area contributed by atoms with E-state index in [2.05, 4.69) is 31.0 Å². The standard InChI is InChI=1S/C15H32N2O2S/c1-5-14-12-17(10-9-11-20(18,19)8-4)15(6-2,7-3)13-16-14/h14,16H,5-13H2,1-4H3. The molecular weight excluding hydrogens is 272 g/mol. The van der Waals surface area contributed by atoms with Crippen LogP contribution in [0.1, 0.15) is 53.4 Å².